The zero-order valence-corrected chi connectivity index (χ0v) is 16.7. The molecule has 1 atom stereocenters. The number of nitrogens with zero attached hydrogens (tertiary/aromatic N) is 2. The Balaban J connectivity index is 0.00000210. The van der Waals surface area contributed by atoms with Gasteiger partial charge in [-0.2, -0.15) is 0 Å². The van der Waals surface area contributed by atoms with Gasteiger partial charge in [-0.05, 0) is 35.4 Å². The van der Waals surface area contributed by atoms with E-state index in [1.54, 1.807) is 0 Å². The summed E-state index contributed by atoms with van der Waals surface area (Å²) in [5.74, 6) is 0.240. The molecule has 0 bridgehead atoms. The molecule has 2 amide bonds. The van der Waals surface area contributed by atoms with Gasteiger partial charge in [0, 0.05) is 32.7 Å². The van der Waals surface area contributed by atoms with Crippen LogP contribution in [0.15, 0.2) is 41.8 Å². The van der Waals surface area contributed by atoms with Crippen LogP contribution in [0, 0.1) is 0 Å². The molecule has 1 N–H and O–H groups in total. The predicted molar refractivity (Wildman–Crippen MR) is 109 cm³/mol. The Hall–Kier alpha value is -1.89. The molecule has 1 aromatic carbocycles. The van der Waals surface area contributed by atoms with Crippen molar-refractivity contribution in [1.82, 2.24) is 15.1 Å². The number of carbonyl (C=O) groups is 2. The Labute approximate surface area is 169 Å². The van der Waals surface area contributed by atoms with Gasteiger partial charge in [-0.25, -0.2) is 0 Å². The van der Waals surface area contributed by atoms with Gasteiger partial charge in [0.2, 0.25) is 5.91 Å². The molecule has 0 saturated carbocycles. The highest BCUT2D eigenvalue weighted by atomic mass is 35.5. The molecular formula is C20H24ClN3O2S. The van der Waals surface area contributed by atoms with Crippen LogP contribution in [0.3, 0.4) is 0 Å². The normalized spacial score (nSPS) is 19.6. The Morgan fingerprint density at radius 1 is 0.963 bits per heavy atom. The van der Waals surface area contributed by atoms with E-state index < -0.39 is 0 Å². The van der Waals surface area contributed by atoms with Crippen LogP contribution in [0.2, 0.25) is 0 Å². The maximum atomic E-state index is 13.0. The smallest absolute Gasteiger partial charge is 0.263 e. The number of hydrogen-bond acceptors (Lipinski definition) is 4. The third-order valence-electron chi connectivity index (χ3n) is 5.21. The zero-order valence-electron chi connectivity index (χ0n) is 15.1. The fraction of sp³-hybridized carbons (Fsp3) is 0.400. The summed E-state index contributed by atoms with van der Waals surface area (Å²) in [7, 11) is 0. The average Bonchev–Trinajstić information content (AvgIpc) is 3.11. The Morgan fingerprint density at radius 3 is 2.48 bits per heavy atom. The largest absolute Gasteiger partial charge is 0.339 e. The molecule has 1 unspecified atom stereocenters. The second-order valence-corrected chi connectivity index (χ2v) is 7.80. The Bertz CT molecular complexity index is 796. The average molecular weight is 406 g/mol. The molecule has 5 nitrogen and oxygen atoms in total. The van der Waals surface area contributed by atoms with E-state index in [0.29, 0.717) is 26.2 Å². The third kappa shape index (κ3) is 4.34. The van der Waals surface area contributed by atoms with Crippen molar-refractivity contribution in [2.75, 3.05) is 26.2 Å². The lowest BCUT2D eigenvalue weighted by atomic mass is 9.95. The molecule has 0 spiro atoms. The molecule has 2 aliphatic heterocycles. The van der Waals surface area contributed by atoms with Crippen molar-refractivity contribution in [3.63, 3.8) is 0 Å². The van der Waals surface area contributed by atoms with Crippen LogP contribution in [0.1, 0.15) is 27.2 Å². The summed E-state index contributed by atoms with van der Waals surface area (Å²) in [6.07, 6.45) is 1.56. The summed E-state index contributed by atoms with van der Waals surface area (Å²) in [4.78, 5) is 30.1. The van der Waals surface area contributed by atoms with E-state index in [-0.39, 0.29) is 30.3 Å². The third-order valence-corrected chi connectivity index (χ3v) is 6.06. The molecule has 0 aliphatic carbocycles. The van der Waals surface area contributed by atoms with E-state index in [1.807, 2.05) is 39.4 Å². The standard InChI is InChI=1S/C20H23N3O2S.ClH/c24-19(17-13-15-5-1-2-6-16(15)14-21-17)22-8-4-9-23(11-10-22)20(25)18-7-3-12-26-18;/h1-3,5-7,12,17,21H,4,8-11,13-14H2;1H. The van der Waals surface area contributed by atoms with Crippen molar-refractivity contribution in [1.29, 1.82) is 0 Å². The summed E-state index contributed by atoms with van der Waals surface area (Å²) < 4.78 is 0. The molecule has 1 aromatic heterocycles. The van der Waals surface area contributed by atoms with Crippen molar-refractivity contribution < 1.29 is 9.59 Å². The van der Waals surface area contributed by atoms with Gasteiger partial charge in [-0.1, -0.05) is 30.3 Å². The van der Waals surface area contributed by atoms with Gasteiger partial charge in [-0.15, -0.1) is 23.7 Å². The zero-order chi connectivity index (χ0) is 17.9. The minimum atomic E-state index is -0.163. The molecule has 27 heavy (non-hydrogen) atoms. The van der Waals surface area contributed by atoms with E-state index in [2.05, 4.69) is 17.4 Å². The van der Waals surface area contributed by atoms with Gasteiger partial charge in [0.15, 0.2) is 0 Å². The van der Waals surface area contributed by atoms with Crippen LogP contribution in [0.5, 0.6) is 0 Å². The van der Waals surface area contributed by atoms with E-state index in [1.165, 1.54) is 22.5 Å². The molecule has 1 fully saturated rings. The molecule has 1 saturated heterocycles. The summed E-state index contributed by atoms with van der Waals surface area (Å²) >= 11 is 1.47. The van der Waals surface area contributed by atoms with Crippen molar-refractivity contribution in [3.8, 4) is 0 Å². The highest BCUT2D eigenvalue weighted by Crippen LogP contribution is 2.19. The summed E-state index contributed by atoms with van der Waals surface area (Å²) in [5.41, 5.74) is 2.54. The monoisotopic (exact) mass is 405 g/mol. The van der Waals surface area contributed by atoms with Gasteiger partial charge in [0.25, 0.3) is 5.91 Å². The van der Waals surface area contributed by atoms with E-state index in [4.69, 9.17) is 0 Å². The summed E-state index contributed by atoms with van der Waals surface area (Å²) in [5, 5.41) is 5.30. The number of nitrogens with one attached hydrogen (secondary N) is 1. The maximum absolute atomic E-state index is 13.0. The van der Waals surface area contributed by atoms with Crippen LogP contribution in [-0.2, 0) is 17.8 Å². The SMILES string of the molecule is Cl.O=C(c1cccs1)N1CCCN(C(=O)C2Cc3ccccc3CN2)CC1. The maximum Gasteiger partial charge on any atom is 0.263 e. The van der Waals surface area contributed by atoms with Crippen LogP contribution >= 0.6 is 23.7 Å². The number of rotatable bonds is 2. The topological polar surface area (TPSA) is 52.7 Å². The van der Waals surface area contributed by atoms with Crippen molar-refractivity contribution >= 4 is 35.6 Å². The lowest BCUT2D eigenvalue weighted by Crippen LogP contribution is -2.50. The van der Waals surface area contributed by atoms with Gasteiger partial charge < -0.3 is 15.1 Å². The molecule has 2 aliphatic rings. The first kappa shape index (κ1) is 19.9. The number of carbonyl (C=O) groups excluding carboxylic acids is 2. The van der Waals surface area contributed by atoms with Gasteiger partial charge in [-0.3, -0.25) is 9.59 Å². The van der Waals surface area contributed by atoms with Crippen molar-refractivity contribution in [3.05, 3.63) is 57.8 Å². The lowest BCUT2D eigenvalue weighted by Gasteiger charge is -2.30. The van der Waals surface area contributed by atoms with Crippen LogP contribution < -0.4 is 5.32 Å². The quantitative estimate of drug-likeness (QED) is 0.835. The minimum absolute atomic E-state index is 0. The summed E-state index contributed by atoms with van der Waals surface area (Å²) in [6, 6.07) is 11.9. The van der Waals surface area contributed by atoms with Gasteiger partial charge >= 0.3 is 0 Å². The Morgan fingerprint density at radius 2 is 1.70 bits per heavy atom. The number of thiophene rings is 1. The molecule has 4 rings (SSSR count). The molecule has 3 heterocycles. The van der Waals surface area contributed by atoms with Crippen LogP contribution in [0.25, 0.3) is 0 Å². The minimum Gasteiger partial charge on any atom is -0.339 e. The van der Waals surface area contributed by atoms with Gasteiger partial charge in [0.1, 0.15) is 0 Å². The van der Waals surface area contributed by atoms with Crippen molar-refractivity contribution in [2.24, 2.45) is 0 Å². The molecular weight excluding hydrogens is 382 g/mol. The number of hydrogen-bond donors (Lipinski definition) is 1. The second-order valence-electron chi connectivity index (χ2n) is 6.85. The van der Waals surface area contributed by atoms with Gasteiger partial charge in [0.05, 0.1) is 10.9 Å². The van der Waals surface area contributed by atoms with Crippen molar-refractivity contribution in [2.45, 2.75) is 25.4 Å². The molecule has 0 radical (unpaired) electrons. The first-order valence-corrected chi connectivity index (χ1v) is 10.0. The van der Waals surface area contributed by atoms with E-state index in [9.17, 15) is 9.59 Å². The molecule has 2 aromatic rings. The van der Waals surface area contributed by atoms with Crippen LogP contribution in [-0.4, -0.2) is 53.8 Å². The summed E-state index contributed by atoms with van der Waals surface area (Å²) in [6.45, 7) is 3.37. The predicted octanol–water partition coefficient (Wildman–Crippen LogP) is 2.56. The number of halogens is 1. The van der Waals surface area contributed by atoms with E-state index >= 15 is 0 Å². The fourth-order valence-electron chi connectivity index (χ4n) is 3.75. The lowest BCUT2D eigenvalue weighted by molar-refractivity contribution is -0.133. The number of fused-ring (bicyclic) bond motifs is 1. The van der Waals surface area contributed by atoms with E-state index in [0.717, 1.165) is 24.3 Å². The Kier molecular flexibility index (Phi) is 6.52. The number of benzene rings is 1. The highest BCUT2D eigenvalue weighted by Gasteiger charge is 2.30. The first-order valence-electron chi connectivity index (χ1n) is 9.14. The first-order chi connectivity index (χ1) is 12.7. The second kappa shape index (κ2) is 8.87. The highest BCUT2D eigenvalue weighted by molar-refractivity contribution is 7.12. The molecule has 144 valence electrons. The number of amides is 2. The van der Waals surface area contributed by atoms with Crippen LogP contribution in [0.4, 0.5) is 0 Å². The fourth-order valence-corrected chi connectivity index (χ4v) is 4.44. The molecule has 7 heteroatoms.